The van der Waals surface area contributed by atoms with Crippen LogP contribution in [-0.2, 0) is 0 Å². The molecule has 1 unspecified atom stereocenters. The van der Waals surface area contributed by atoms with E-state index < -0.39 is 0 Å². The lowest BCUT2D eigenvalue weighted by Gasteiger charge is -2.36. The molecule has 0 spiro atoms. The van der Waals surface area contributed by atoms with E-state index in [1.807, 2.05) is 13.1 Å². The van der Waals surface area contributed by atoms with E-state index in [0.717, 1.165) is 44.6 Å². The molecule has 0 amide bonds. The summed E-state index contributed by atoms with van der Waals surface area (Å²) in [6, 6.07) is 1.86. The van der Waals surface area contributed by atoms with Crippen LogP contribution in [0.4, 0.5) is 5.95 Å². The van der Waals surface area contributed by atoms with Gasteiger partial charge in [-0.15, -0.1) is 24.0 Å². The number of hydrogen-bond acceptors (Lipinski definition) is 5. The summed E-state index contributed by atoms with van der Waals surface area (Å²) in [6.45, 7) is 10.8. The van der Waals surface area contributed by atoms with Crippen molar-refractivity contribution in [2.75, 3.05) is 64.3 Å². The minimum absolute atomic E-state index is 0. The predicted octanol–water partition coefficient (Wildman–Crippen LogP) is 1.52. The summed E-state index contributed by atoms with van der Waals surface area (Å²) in [7, 11) is 1.88. The highest BCUT2D eigenvalue weighted by atomic mass is 127. The highest BCUT2D eigenvalue weighted by Gasteiger charge is 2.21. The second-order valence-corrected chi connectivity index (χ2v) is 7.06. The third kappa shape index (κ3) is 5.94. The monoisotopic (exact) mass is 473 g/mol. The Morgan fingerprint density at radius 2 is 1.77 bits per heavy atom. The lowest BCUT2D eigenvalue weighted by molar-refractivity contribution is 0.285. The van der Waals surface area contributed by atoms with Crippen LogP contribution >= 0.6 is 24.0 Å². The van der Waals surface area contributed by atoms with Gasteiger partial charge in [-0.2, -0.15) is 0 Å². The van der Waals surface area contributed by atoms with Gasteiger partial charge < -0.3 is 20.0 Å². The maximum atomic E-state index is 4.48. The average Bonchev–Trinajstić information content (AvgIpc) is 3.16. The molecule has 3 heterocycles. The molecule has 7 nitrogen and oxygen atoms in total. The molecule has 2 aliphatic heterocycles. The Hall–Kier alpha value is -1.16. The van der Waals surface area contributed by atoms with Gasteiger partial charge >= 0.3 is 0 Å². The highest BCUT2D eigenvalue weighted by molar-refractivity contribution is 14.0. The molecular weight excluding hydrogens is 441 g/mol. The summed E-state index contributed by atoms with van der Waals surface area (Å²) in [6.07, 6.45) is 6.32. The topological polar surface area (TPSA) is 59.9 Å². The molecule has 1 aromatic rings. The molecule has 0 aromatic carbocycles. The average molecular weight is 473 g/mol. The summed E-state index contributed by atoms with van der Waals surface area (Å²) in [5, 5.41) is 3.57. The normalized spacial score (nSPS) is 20.0. The van der Waals surface area contributed by atoms with Crippen LogP contribution in [-0.4, -0.2) is 85.1 Å². The van der Waals surface area contributed by atoms with Gasteiger partial charge in [0.05, 0.1) is 0 Å². The van der Waals surface area contributed by atoms with Crippen LogP contribution in [0.15, 0.2) is 23.5 Å². The number of aliphatic imine (C=N–C) groups is 1. The zero-order valence-electron chi connectivity index (χ0n) is 16.0. The first-order valence-corrected chi connectivity index (χ1v) is 9.46. The lowest BCUT2D eigenvalue weighted by Crippen LogP contribution is -2.53. The van der Waals surface area contributed by atoms with E-state index in [1.54, 1.807) is 12.4 Å². The van der Waals surface area contributed by atoms with Crippen molar-refractivity contribution < 1.29 is 0 Å². The smallest absolute Gasteiger partial charge is 0.225 e. The molecule has 2 fully saturated rings. The van der Waals surface area contributed by atoms with Gasteiger partial charge in [0.1, 0.15) is 0 Å². The van der Waals surface area contributed by atoms with Crippen molar-refractivity contribution in [3.63, 3.8) is 0 Å². The van der Waals surface area contributed by atoms with Gasteiger partial charge in [-0.3, -0.25) is 4.99 Å². The fourth-order valence-corrected chi connectivity index (χ4v) is 3.64. The minimum Gasteiger partial charge on any atom is -0.356 e. The number of rotatable bonds is 5. The van der Waals surface area contributed by atoms with Crippen molar-refractivity contribution in [3.05, 3.63) is 18.5 Å². The summed E-state index contributed by atoms with van der Waals surface area (Å²) in [5.41, 5.74) is 0. The third-order valence-electron chi connectivity index (χ3n) is 5.00. The standard InChI is InChI=1S/C18H31N7.HI/c1-16(15-23-8-3-4-9-23)14-22-17(19-2)24-10-12-25(13-11-24)18-20-6-5-7-21-18;/h5-7,16H,3-4,8-15H2,1-2H3,(H,19,22);1H. The molecule has 2 aliphatic rings. The number of hydrogen-bond donors (Lipinski definition) is 1. The fraction of sp³-hybridized carbons (Fsp3) is 0.722. The molecule has 0 bridgehead atoms. The second-order valence-electron chi connectivity index (χ2n) is 7.06. The van der Waals surface area contributed by atoms with E-state index in [9.17, 15) is 0 Å². The van der Waals surface area contributed by atoms with E-state index in [4.69, 9.17) is 0 Å². The van der Waals surface area contributed by atoms with Crippen LogP contribution in [0.2, 0.25) is 0 Å². The van der Waals surface area contributed by atoms with Crippen LogP contribution < -0.4 is 10.2 Å². The first-order valence-electron chi connectivity index (χ1n) is 9.46. The first kappa shape index (κ1) is 21.1. The van der Waals surface area contributed by atoms with Crippen LogP contribution in [0.1, 0.15) is 19.8 Å². The van der Waals surface area contributed by atoms with Gasteiger partial charge in [0.2, 0.25) is 5.95 Å². The summed E-state index contributed by atoms with van der Waals surface area (Å²) < 4.78 is 0. The zero-order valence-corrected chi connectivity index (χ0v) is 18.3. The van der Waals surface area contributed by atoms with E-state index >= 15 is 0 Å². The minimum atomic E-state index is 0. The Morgan fingerprint density at radius 1 is 1.12 bits per heavy atom. The molecule has 0 radical (unpaired) electrons. The van der Waals surface area contributed by atoms with E-state index in [-0.39, 0.29) is 24.0 Å². The highest BCUT2D eigenvalue weighted by Crippen LogP contribution is 2.11. The molecule has 1 aromatic heterocycles. The summed E-state index contributed by atoms with van der Waals surface area (Å²) in [5.74, 6) is 2.47. The molecular formula is C18H32IN7. The first-order chi connectivity index (χ1) is 12.3. The predicted molar refractivity (Wildman–Crippen MR) is 117 cm³/mol. The Morgan fingerprint density at radius 3 is 2.38 bits per heavy atom. The van der Waals surface area contributed by atoms with Crippen molar-refractivity contribution >= 4 is 35.9 Å². The van der Waals surface area contributed by atoms with E-state index in [0.29, 0.717) is 5.92 Å². The van der Waals surface area contributed by atoms with Crippen LogP contribution in [0.25, 0.3) is 0 Å². The van der Waals surface area contributed by atoms with Gasteiger partial charge in [-0.25, -0.2) is 9.97 Å². The number of likely N-dealkylation sites (tertiary alicyclic amines) is 1. The number of aromatic nitrogens is 2. The molecule has 146 valence electrons. The van der Waals surface area contributed by atoms with Crippen LogP contribution in [0, 0.1) is 5.92 Å². The summed E-state index contributed by atoms with van der Waals surface area (Å²) >= 11 is 0. The van der Waals surface area contributed by atoms with Gasteiger partial charge in [0.15, 0.2) is 5.96 Å². The molecule has 0 aliphatic carbocycles. The van der Waals surface area contributed by atoms with Crippen LogP contribution in [0.5, 0.6) is 0 Å². The number of anilines is 1. The molecule has 2 saturated heterocycles. The van der Waals surface area contributed by atoms with Crippen molar-refractivity contribution in [3.8, 4) is 0 Å². The van der Waals surface area contributed by atoms with E-state index in [1.165, 1.54) is 32.5 Å². The molecule has 3 rings (SSSR count). The largest absolute Gasteiger partial charge is 0.356 e. The number of nitrogens with one attached hydrogen (secondary N) is 1. The van der Waals surface area contributed by atoms with Gasteiger partial charge in [-0.05, 0) is 37.9 Å². The number of piperazine rings is 1. The van der Waals surface area contributed by atoms with Gasteiger partial charge in [-0.1, -0.05) is 6.92 Å². The number of guanidine groups is 1. The van der Waals surface area contributed by atoms with Gasteiger partial charge in [0, 0.05) is 58.7 Å². The van der Waals surface area contributed by atoms with Crippen LogP contribution in [0.3, 0.4) is 0 Å². The number of halogens is 1. The number of nitrogens with zero attached hydrogens (tertiary/aromatic N) is 6. The SMILES string of the molecule is CN=C(NCC(C)CN1CCCC1)N1CCN(c2ncccn2)CC1.I. The molecule has 1 atom stereocenters. The summed E-state index contributed by atoms with van der Waals surface area (Å²) in [4.78, 5) is 20.3. The maximum absolute atomic E-state index is 4.48. The van der Waals surface area contributed by atoms with Gasteiger partial charge in [0.25, 0.3) is 0 Å². The lowest BCUT2D eigenvalue weighted by atomic mass is 10.1. The molecule has 8 heteroatoms. The zero-order chi connectivity index (χ0) is 17.5. The second kappa shape index (κ2) is 10.9. The maximum Gasteiger partial charge on any atom is 0.225 e. The van der Waals surface area contributed by atoms with Crippen molar-refractivity contribution in [1.29, 1.82) is 0 Å². The van der Waals surface area contributed by atoms with Crippen molar-refractivity contribution in [1.82, 2.24) is 25.1 Å². The third-order valence-corrected chi connectivity index (χ3v) is 5.00. The Labute approximate surface area is 174 Å². The molecule has 0 saturated carbocycles. The van der Waals surface area contributed by atoms with E-state index in [2.05, 4.69) is 41.9 Å². The molecule has 1 N–H and O–H groups in total. The van der Waals surface area contributed by atoms with Crippen molar-refractivity contribution in [2.45, 2.75) is 19.8 Å². The Balaban J connectivity index is 0.00000243. The Kier molecular flexibility index (Phi) is 8.83. The van der Waals surface area contributed by atoms with Crippen molar-refractivity contribution in [2.24, 2.45) is 10.9 Å². The quantitative estimate of drug-likeness (QED) is 0.398. The molecule has 26 heavy (non-hydrogen) atoms. The Bertz CT molecular complexity index is 540. The fourth-order valence-electron chi connectivity index (χ4n) is 3.64.